The van der Waals surface area contributed by atoms with Gasteiger partial charge in [-0.1, -0.05) is 35.4 Å². The predicted octanol–water partition coefficient (Wildman–Crippen LogP) is 5.88. The summed E-state index contributed by atoms with van der Waals surface area (Å²) >= 11 is 0. The normalized spacial score (nSPS) is 11.5. The fourth-order valence-electron chi connectivity index (χ4n) is 4.13. The Bertz CT molecular complexity index is 1210. The number of allylic oxidation sites excluding steroid dienone is 1. The Morgan fingerprint density at radius 3 is 2.17 bits per heavy atom. The third kappa shape index (κ3) is 7.54. The van der Waals surface area contributed by atoms with Gasteiger partial charge in [0.15, 0.2) is 5.78 Å². The molecule has 0 saturated heterocycles. The maximum atomic E-state index is 13.1. The average molecular weight is 487 g/mol. The number of ether oxygens (including phenoxy) is 2. The molecule has 3 aromatic rings. The van der Waals surface area contributed by atoms with E-state index in [-0.39, 0.29) is 5.78 Å². The molecule has 0 aromatic heterocycles. The number of carbonyl (C=O) groups is 1. The highest BCUT2D eigenvalue weighted by Gasteiger charge is 2.11. The van der Waals surface area contributed by atoms with E-state index in [4.69, 9.17) is 9.47 Å². The lowest BCUT2D eigenvalue weighted by Gasteiger charge is -2.15. The van der Waals surface area contributed by atoms with Crippen LogP contribution in [0.5, 0.6) is 11.5 Å². The molecule has 0 N–H and O–H groups in total. The fraction of sp³-hybridized carbons (Fsp3) is 0.323. The number of carbonyl (C=O) groups excluding carboxylic acids is 1. The van der Waals surface area contributed by atoms with Gasteiger partial charge >= 0.3 is 0 Å². The first-order valence-corrected chi connectivity index (χ1v) is 12.2. The number of aryl methyl sites for hydroxylation is 2. The second-order valence-corrected chi connectivity index (χ2v) is 9.74. The molecule has 0 aliphatic carbocycles. The third-order valence-corrected chi connectivity index (χ3v) is 5.83. The van der Waals surface area contributed by atoms with Crippen LogP contribution in [-0.2, 0) is 6.54 Å². The highest BCUT2D eigenvalue weighted by Crippen LogP contribution is 2.30. The van der Waals surface area contributed by atoms with Crippen LogP contribution in [0.15, 0.2) is 60.7 Å². The Labute approximate surface area is 216 Å². The van der Waals surface area contributed by atoms with Crippen molar-refractivity contribution in [3.8, 4) is 22.6 Å². The minimum Gasteiger partial charge on any atom is -0.496 e. The molecule has 0 radical (unpaired) electrons. The average Bonchev–Trinajstić information content (AvgIpc) is 2.81. The summed E-state index contributed by atoms with van der Waals surface area (Å²) in [4.78, 5) is 17.3. The third-order valence-electron chi connectivity index (χ3n) is 5.83. The number of hydrogen-bond donors (Lipinski definition) is 0. The molecule has 3 aromatic carbocycles. The van der Waals surface area contributed by atoms with Crippen LogP contribution in [0.2, 0.25) is 0 Å². The minimum absolute atomic E-state index is 0.0614. The molecule has 0 aliphatic rings. The van der Waals surface area contributed by atoms with Crippen molar-refractivity contribution >= 4 is 11.9 Å². The van der Waals surface area contributed by atoms with E-state index in [1.54, 1.807) is 13.2 Å². The van der Waals surface area contributed by atoms with E-state index in [1.807, 2.05) is 58.5 Å². The molecule has 190 valence electrons. The maximum Gasteiger partial charge on any atom is 0.185 e. The SMILES string of the molecule is COc1ccc(C(=O)/C=C/c2cc(-c3cc(C)cc(C)c3)ccc2OCCN(C)C)cc1CN(C)C. The second kappa shape index (κ2) is 12.5. The largest absolute Gasteiger partial charge is 0.496 e. The molecule has 0 bridgehead atoms. The lowest BCUT2D eigenvalue weighted by Crippen LogP contribution is -2.19. The Kier molecular flexibility index (Phi) is 9.45. The molecular weight excluding hydrogens is 448 g/mol. The van der Waals surface area contributed by atoms with Crippen LogP contribution in [0.1, 0.15) is 32.6 Å². The van der Waals surface area contributed by atoms with Gasteiger partial charge in [-0.3, -0.25) is 4.79 Å². The quantitative estimate of drug-likeness (QED) is 0.250. The lowest BCUT2D eigenvalue weighted by atomic mass is 9.98. The van der Waals surface area contributed by atoms with Gasteiger partial charge in [0.05, 0.1) is 7.11 Å². The predicted molar refractivity (Wildman–Crippen MR) is 149 cm³/mol. The summed E-state index contributed by atoms with van der Waals surface area (Å²) in [5, 5.41) is 0. The second-order valence-electron chi connectivity index (χ2n) is 9.74. The minimum atomic E-state index is -0.0614. The maximum absolute atomic E-state index is 13.1. The number of nitrogens with zero attached hydrogens (tertiary/aromatic N) is 2. The number of likely N-dealkylation sites (N-methyl/N-ethyl adjacent to an activating group) is 1. The van der Waals surface area contributed by atoms with E-state index in [9.17, 15) is 4.79 Å². The number of hydrogen-bond acceptors (Lipinski definition) is 5. The zero-order valence-electron chi connectivity index (χ0n) is 22.6. The molecule has 0 heterocycles. The molecule has 5 nitrogen and oxygen atoms in total. The summed E-state index contributed by atoms with van der Waals surface area (Å²) in [6.45, 7) is 6.27. The van der Waals surface area contributed by atoms with Crippen molar-refractivity contribution in [1.82, 2.24) is 9.80 Å². The number of methoxy groups -OCH3 is 1. The molecule has 0 amide bonds. The van der Waals surface area contributed by atoms with Crippen LogP contribution in [-0.4, -0.2) is 64.0 Å². The van der Waals surface area contributed by atoms with Gasteiger partial charge in [-0.2, -0.15) is 0 Å². The van der Waals surface area contributed by atoms with Gasteiger partial charge < -0.3 is 19.3 Å². The van der Waals surface area contributed by atoms with E-state index in [1.165, 1.54) is 11.1 Å². The van der Waals surface area contributed by atoms with Gasteiger partial charge in [0.25, 0.3) is 0 Å². The Morgan fingerprint density at radius 1 is 0.833 bits per heavy atom. The van der Waals surface area contributed by atoms with Gasteiger partial charge in [0.1, 0.15) is 18.1 Å². The van der Waals surface area contributed by atoms with Crippen LogP contribution in [0, 0.1) is 13.8 Å². The molecule has 3 rings (SSSR count). The lowest BCUT2D eigenvalue weighted by molar-refractivity contribution is 0.104. The summed E-state index contributed by atoms with van der Waals surface area (Å²) in [7, 11) is 9.68. The summed E-state index contributed by atoms with van der Waals surface area (Å²) in [5.74, 6) is 1.48. The summed E-state index contributed by atoms with van der Waals surface area (Å²) < 4.78 is 11.6. The first kappa shape index (κ1) is 27.2. The highest BCUT2D eigenvalue weighted by molar-refractivity contribution is 6.07. The van der Waals surface area contributed by atoms with Gasteiger partial charge in [-0.25, -0.2) is 0 Å². The zero-order chi connectivity index (χ0) is 26.2. The molecule has 5 heteroatoms. The van der Waals surface area contributed by atoms with E-state index >= 15 is 0 Å². The number of ketones is 1. The number of benzene rings is 3. The van der Waals surface area contributed by atoms with Crippen molar-refractivity contribution in [3.63, 3.8) is 0 Å². The number of rotatable bonds is 11. The molecular formula is C31H38N2O3. The smallest absolute Gasteiger partial charge is 0.185 e. The van der Waals surface area contributed by atoms with Crippen LogP contribution < -0.4 is 9.47 Å². The molecule has 0 fully saturated rings. The van der Waals surface area contributed by atoms with Crippen molar-refractivity contribution in [2.75, 3.05) is 48.5 Å². The summed E-state index contributed by atoms with van der Waals surface area (Å²) in [6, 6.07) is 18.3. The topological polar surface area (TPSA) is 42.0 Å². The van der Waals surface area contributed by atoms with Crippen LogP contribution in [0.3, 0.4) is 0 Å². The molecule has 36 heavy (non-hydrogen) atoms. The highest BCUT2D eigenvalue weighted by atomic mass is 16.5. The summed E-state index contributed by atoms with van der Waals surface area (Å²) in [5.41, 5.74) is 7.16. The van der Waals surface area contributed by atoms with Crippen molar-refractivity contribution in [1.29, 1.82) is 0 Å². The standard InChI is InChI=1S/C31H38N2O3/c1-22-16-23(2)18-27(17-22)24-9-13-31(36-15-14-32(3)4)26(19-24)8-11-29(34)25-10-12-30(35-7)28(20-25)21-33(5)6/h8-13,16-20H,14-15,21H2,1-7H3/b11-8+. The molecule has 0 saturated carbocycles. The van der Waals surface area contributed by atoms with Crippen molar-refractivity contribution < 1.29 is 14.3 Å². The molecule has 0 spiro atoms. The molecule has 0 unspecified atom stereocenters. The van der Waals surface area contributed by atoms with Gasteiger partial charge in [-0.05, 0) is 95.6 Å². The Morgan fingerprint density at radius 2 is 1.53 bits per heavy atom. The van der Waals surface area contributed by atoms with Crippen LogP contribution in [0.4, 0.5) is 0 Å². The fourth-order valence-corrected chi connectivity index (χ4v) is 4.13. The van der Waals surface area contributed by atoms with Crippen LogP contribution in [0.25, 0.3) is 17.2 Å². The van der Waals surface area contributed by atoms with Gasteiger partial charge in [0, 0.05) is 29.8 Å². The van der Waals surface area contributed by atoms with Crippen LogP contribution >= 0.6 is 0 Å². The van der Waals surface area contributed by atoms with Gasteiger partial charge in [-0.15, -0.1) is 0 Å². The van der Waals surface area contributed by atoms with E-state index < -0.39 is 0 Å². The Hall–Kier alpha value is -3.41. The zero-order valence-corrected chi connectivity index (χ0v) is 22.6. The van der Waals surface area contributed by atoms with E-state index in [0.717, 1.165) is 40.3 Å². The Balaban J connectivity index is 1.94. The molecule has 0 atom stereocenters. The van der Waals surface area contributed by atoms with Crippen molar-refractivity contribution in [2.24, 2.45) is 0 Å². The van der Waals surface area contributed by atoms with E-state index in [0.29, 0.717) is 18.7 Å². The van der Waals surface area contributed by atoms with E-state index in [2.05, 4.69) is 54.0 Å². The van der Waals surface area contributed by atoms with Crippen molar-refractivity contribution in [2.45, 2.75) is 20.4 Å². The molecule has 0 aliphatic heterocycles. The monoisotopic (exact) mass is 486 g/mol. The van der Waals surface area contributed by atoms with Gasteiger partial charge in [0.2, 0.25) is 0 Å². The first-order chi connectivity index (χ1) is 17.2. The first-order valence-electron chi connectivity index (χ1n) is 12.2. The summed E-state index contributed by atoms with van der Waals surface area (Å²) in [6.07, 6.45) is 3.48. The van der Waals surface area contributed by atoms with Crippen molar-refractivity contribution in [3.05, 3.63) is 88.5 Å².